The van der Waals surface area contributed by atoms with Gasteiger partial charge in [-0.25, -0.2) is 9.29 Å². The Hall–Kier alpha value is -3.55. The summed E-state index contributed by atoms with van der Waals surface area (Å²) in [5.41, 5.74) is 2.37. The first-order valence-electron chi connectivity index (χ1n) is 11.0. The van der Waals surface area contributed by atoms with Crippen LogP contribution >= 0.6 is 11.6 Å². The molecule has 6 nitrogen and oxygen atoms in total. The summed E-state index contributed by atoms with van der Waals surface area (Å²) in [6, 6.07) is 17.7. The van der Waals surface area contributed by atoms with E-state index in [0.717, 1.165) is 10.5 Å². The van der Waals surface area contributed by atoms with Gasteiger partial charge < -0.3 is 4.90 Å². The second-order valence-corrected chi connectivity index (χ2v) is 8.75. The zero-order chi connectivity index (χ0) is 23.8. The van der Waals surface area contributed by atoms with Crippen LogP contribution in [0.15, 0.2) is 66.7 Å². The number of carbonyl (C=O) groups is 3. The van der Waals surface area contributed by atoms with Crippen molar-refractivity contribution in [1.82, 2.24) is 9.80 Å². The highest BCUT2D eigenvalue weighted by molar-refractivity contribution is 6.34. The number of fused-ring (bicyclic) bond motifs is 1. The minimum absolute atomic E-state index is 0.155. The fraction of sp³-hybridized carbons (Fsp3) is 0.192. The van der Waals surface area contributed by atoms with Gasteiger partial charge in [0.25, 0.3) is 17.7 Å². The van der Waals surface area contributed by atoms with Crippen LogP contribution in [0.4, 0.5) is 10.1 Å². The van der Waals surface area contributed by atoms with Crippen molar-refractivity contribution in [2.75, 3.05) is 31.1 Å². The average Bonchev–Trinajstić information content (AvgIpc) is 3.11. The van der Waals surface area contributed by atoms with Gasteiger partial charge in [-0.1, -0.05) is 35.9 Å². The molecule has 3 aromatic carbocycles. The number of halogens is 2. The van der Waals surface area contributed by atoms with Crippen LogP contribution in [0.3, 0.4) is 0 Å². The number of anilines is 1. The molecule has 3 amide bonds. The monoisotopic (exact) mass is 477 g/mol. The van der Waals surface area contributed by atoms with Gasteiger partial charge in [-0.05, 0) is 48.0 Å². The average molecular weight is 478 g/mol. The van der Waals surface area contributed by atoms with Crippen LogP contribution in [0.5, 0.6) is 0 Å². The van der Waals surface area contributed by atoms with Crippen molar-refractivity contribution in [1.29, 1.82) is 0 Å². The molecule has 2 aliphatic heterocycles. The molecule has 0 spiro atoms. The normalized spacial score (nSPS) is 16.2. The third-order valence-electron chi connectivity index (χ3n) is 6.21. The number of carbonyl (C=O) groups excluding carboxylic acids is 3. The van der Waals surface area contributed by atoms with Crippen LogP contribution in [0.2, 0.25) is 5.02 Å². The highest BCUT2D eigenvalue weighted by Gasteiger charge is 2.36. The molecular weight excluding hydrogens is 457 g/mol. The van der Waals surface area contributed by atoms with Gasteiger partial charge in [0.2, 0.25) is 0 Å². The predicted octanol–water partition coefficient (Wildman–Crippen LogP) is 4.24. The molecule has 0 radical (unpaired) electrons. The zero-order valence-corrected chi connectivity index (χ0v) is 19.0. The van der Waals surface area contributed by atoms with Crippen molar-refractivity contribution in [3.8, 4) is 0 Å². The van der Waals surface area contributed by atoms with Crippen LogP contribution < -0.4 is 4.90 Å². The Labute approximate surface area is 201 Å². The van der Waals surface area contributed by atoms with Crippen molar-refractivity contribution in [3.63, 3.8) is 0 Å². The molecule has 0 unspecified atom stereocenters. The Morgan fingerprint density at radius 1 is 0.853 bits per heavy atom. The second kappa shape index (κ2) is 9.00. The molecule has 0 saturated carbocycles. The maximum absolute atomic E-state index is 13.3. The van der Waals surface area contributed by atoms with E-state index < -0.39 is 11.8 Å². The van der Waals surface area contributed by atoms with Gasteiger partial charge >= 0.3 is 0 Å². The number of imide groups is 1. The van der Waals surface area contributed by atoms with E-state index >= 15 is 0 Å². The number of piperazine rings is 1. The number of benzene rings is 3. The quantitative estimate of drug-likeness (QED) is 0.527. The van der Waals surface area contributed by atoms with Gasteiger partial charge in [-0.2, -0.15) is 0 Å². The maximum atomic E-state index is 13.3. The van der Waals surface area contributed by atoms with Crippen molar-refractivity contribution >= 4 is 35.0 Å². The van der Waals surface area contributed by atoms with Crippen LogP contribution in [0.25, 0.3) is 0 Å². The first-order valence-corrected chi connectivity index (χ1v) is 11.3. The fourth-order valence-corrected chi connectivity index (χ4v) is 4.61. The summed E-state index contributed by atoms with van der Waals surface area (Å²) >= 11 is 6.14. The SMILES string of the molecule is O=C(c1cccc(N2C(=O)c3ccccc3C2=O)c1)N1CCN(Cc2ccc(F)cc2Cl)CC1. The molecule has 0 aliphatic carbocycles. The molecule has 2 heterocycles. The van der Waals surface area contributed by atoms with Crippen LogP contribution in [0.1, 0.15) is 36.6 Å². The number of nitrogens with zero attached hydrogens (tertiary/aromatic N) is 3. The van der Waals surface area contributed by atoms with E-state index in [1.54, 1.807) is 59.5 Å². The van der Waals surface area contributed by atoms with Crippen LogP contribution in [0, 0.1) is 5.82 Å². The largest absolute Gasteiger partial charge is 0.336 e. The van der Waals surface area contributed by atoms with Gasteiger partial charge in [0.05, 0.1) is 16.8 Å². The zero-order valence-electron chi connectivity index (χ0n) is 18.2. The molecule has 5 rings (SSSR count). The predicted molar refractivity (Wildman–Crippen MR) is 127 cm³/mol. The van der Waals surface area contributed by atoms with E-state index in [-0.39, 0.29) is 11.7 Å². The number of hydrogen-bond donors (Lipinski definition) is 0. The van der Waals surface area contributed by atoms with Crippen molar-refractivity contribution in [2.24, 2.45) is 0 Å². The Morgan fingerprint density at radius 2 is 1.53 bits per heavy atom. The topological polar surface area (TPSA) is 60.9 Å². The first kappa shape index (κ1) is 22.3. The van der Waals surface area contributed by atoms with E-state index in [1.165, 1.54) is 12.1 Å². The molecule has 172 valence electrons. The third kappa shape index (κ3) is 4.08. The Kier molecular flexibility index (Phi) is 5.89. The van der Waals surface area contributed by atoms with E-state index in [9.17, 15) is 18.8 Å². The van der Waals surface area contributed by atoms with Gasteiger partial charge in [-0.3, -0.25) is 19.3 Å². The molecule has 0 aromatic heterocycles. The lowest BCUT2D eigenvalue weighted by Gasteiger charge is -2.35. The molecule has 2 aliphatic rings. The minimum atomic E-state index is -0.390. The number of hydrogen-bond acceptors (Lipinski definition) is 4. The van der Waals surface area contributed by atoms with Crippen LogP contribution in [-0.2, 0) is 6.54 Å². The van der Waals surface area contributed by atoms with E-state index in [1.807, 2.05) is 0 Å². The maximum Gasteiger partial charge on any atom is 0.266 e. The summed E-state index contributed by atoms with van der Waals surface area (Å²) in [5.74, 6) is -1.30. The van der Waals surface area contributed by atoms with Gasteiger partial charge in [0, 0.05) is 43.3 Å². The highest BCUT2D eigenvalue weighted by Crippen LogP contribution is 2.29. The summed E-state index contributed by atoms with van der Waals surface area (Å²) in [6.07, 6.45) is 0. The molecule has 34 heavy (non-hydrogen) atoms. The molecule has 1 saturated heterocycles. The molecule has 8 heteroatoms. The van der Waals surface area contributed by atoms with E-state index in [2.05, 4.69) is 4.90 Å². The highest BCUT2D eigenvalue weighted by atomic mass is 35.5. The summed E-state index contributed by atoms with van der Waals surface area (Å²) in [6.45, 7) is 2.93. The lowest BCUT2D eigenvalue weighted by atomic mass is 10.1. The summed E-state index contributed by atoms with van der Waals surface area (Å²) in [7, 11) is 0. The third-order valence-corrected chi connectivity index (χ3v) is 6.57. The Balaban J connectivity index is 1.26. The standard InChI is InChI=1S/C26H21ClFN3O3/c27-23-15-19(28)9-8-18(23)16-29-10-12-30(13-11-29)24(32)17-4-3-5-20(14-17)31-25(33)21-6-1-2-7-22(21)26(31)34/h1-9,14-15H,10-13,16H2. The Bertz CT molecular complexity index is 1270. The van der Waals surface area contributed by atoms with Gasteiger partial charge in [0.1, 0.15) is 5.82 Å². The fourth-order valence-electron chi connectivity index (χ4n) is 4.38. The van der Waals surface area contributed by atoms with Crippen molar-refractivity contribution in [3.05, 3.63) is 99.8 Å². The van der Waals surface area contributed by atoms with Crippen LogP contribution in [-0.4, -0.2) is 53.7 Å². The number of rotatable bonds is 4. The first-order chi connectivity index (χ1) is 16.4. The second-order valence-electron chi connectivity index (χ2n) is 8.35. The molecule has 0 bridgehead atoms. The molecule has 1 fully saturated rings. The van der Waals surface area contributed by atoms with Crippen molar-refractivity contribution in [2.45, 2.75) is 6.54 Å². The molecule has 0 atom stereocenters. The van der Waals surface area contributed by atoms with Crippen molar-refractivity contribution < 1.29 is 18.8 Å². The smallest absolute Gasteiger partial charge is 0.266 e. The Morgan fingerprint density at radius 3 is 2.18 bits per heavy atom. The lowest BCUT2D eigenvalue weighted by molar-refractivity contribution is 0.0628. The molecule has 0 N–H and O–H groups in total. The number of amides is 3. The molecule has 3 aromatic rings. The summed E-state index contributed by atoms with van der Waals surface area (Å²) in [5, 5.41) is 0.392. The lowest BCUT2D eigenvalue weighted by Crippen LogP contribution is -2.48. The minimum Gasteiger partial charge on any atom is -0.336 e. The molecular formula is C26H21ClFN3O3. The van der Waals surface area contributed by atoms with E-state index in [0.29, 0.717) is 60.1 Å². The van der Waals surface area contributed by atoms with Gasteiger partial charge in [-0.15, -0.1) is 0 Å². The van der Waals surface area contributed by atoms with E-state index in [4.69, 9.17) is 11.6 Å². The summed E-state index contributed by atoms with van der Waals surface area (Å²) in [4.78, 5) is 43.8. The van der Waals surface area contributed by atoms with Gasteiger partial charge in [0.15, 0.2) is 0 Å². The summed E-state index contributed by atoms with van der Waals surface area (Å²) < 4.78 is 13.3.